The van der Waals surface area contributed by atoms with Gasteiger partial charge in [-0.15, -0.1) is 0 Å². The molecule has 0 bridgehead atoms. The molecule has 0 aromatic carbocycles. The lowest BCUT2D eigenvalue weighted by molar-refractivity contribution is -0.146. The highest BCUT2D eigenvalue weighted by Gasteiger charge is 2.28. The second-order valence-electron chi connectivity index (χ2n) is 4.44. The van der Waals surface area contributed by atoms with Gasteiger partial charge in [0.1, 0.15) is 6.54 Å². The van der Waals surface area contributed by atoms with Crippen molar-refractivity contribution in [1.29, 1.82) is 0 Å². The first kappa shape index (κ1) is 16.2. The molecular formula is C11H20N2O5. The second-order valence-corrected chi connectivity index (χ2v) is 4.44. The van der Waals surface area contributed by atoms with Crippen molar-refractivity contribution in [3.8, 4) is 0 Å². The van der Waals surface area contributed by atoms with E-state index in [-0.39, 0.29) is 13.1 Å². The Labute approximate surface area is 106 Å². The minimum atomic E-state index is -1.06. The van der Waals surface area contributed by atoms with Crippen LogP contribution in [0.1, 0.15) is 20.8 Å². The lowest BCUT2D eigenvalue weighted by Gasteiger charge is -2.24. The lowest BCUT2D eigenvalue weighted by atomic mass is 9.94. The van der Waals surface area contributed by atoms with Crippen molar-refractivity contribution < 1.29 is 24.2 Å². The Bertz CT molecular complexity index is 327. The van der Waals surface area contributed by atoms with Gasteiger partial charge in [-0.2, -0.15) is 0 Å². The van der Waals surface area contributed by atoms with E-state index in [4.69, 9.17) is 5.11 Å². The number of urea groups is 1. The minimum Gasteiger partial charge on any atom is -0.481 e. The van der Waals surface area contributed by atoms with Crippen LogP contribution in [-0.2, 0) is 14.3 Å². The summed E-state index contributed by atoms with van der Waals surface area (Å²) in [5.41, 5.74) is -1.06. The molecule has 0 rings (SSSR count). The Balaban J connectivity index is 4.37. The number of aliphatic carboxylic acids is 1. The van der Waals surface area contributed by atoms with E-state index in [1.807, 2.05) is 0 Å². The third-order valence-corrected chi connectivity index (χ3v) is 2.48. The van der Waals surface area contributed by atoms with Crippen molar-refractivity contribution in [2.75, 3.05) is 26.7 Å². The fraction of sp³-hybridized carbons (Fsp3) is 0.727. The van der Waals surface area contributed by atoms with Gasteiger partial charge in [0.05, 0.1) is 12.5 Å². The molecule has 0 aliphatic rings. The number of methoxy groups -OCH3 is 1. The topological polar surface area (TPSA) is 95.9 Å². The Morgan fingerprint density at radius 1 is 1.33 bits per heavy atom. The summed E-state index contributed by atoms with van der Waals surface area (Å²) in [5, 5.41) is 11.4. The average molecular weight is 260 g/mol. The molecule has 0 heterocycles. The van der Waals surface area contributed by atoms with Gasteiger partial charge in [-0.05, 0) is 20.8 Å². The summed E-state index contributed by atoms with van der Waals surface area (Å²) in [4.78, 5) is 34.9. The summed E-state index contributed by atoms with van der Waals surface area (Å²) >= 11 is 0. The van der Waals surface area contributed by atoms with E-state index < -0.39 is 23.4 Å². The van der Waals surface area contributed by atoms with Gasteiger partial charge in [0, 0.05) is 13.1 Å². The van der Waals surface area contributed by atoms with Crippen LogP contribution in [0.15, 0.2) is 0 Å². The van der Waals surface area contributed by atoms with Crippen LogP contribution in [0, 0.1) is 5.41 Å². The first-order valence-electron chi connectivity index (χ1n) is 5.57. The fourth-order valence-corrected chi connectivity index (χ4v) is 1.03. The summed E-state index contributed by atoms with van der Waals surface area (Å²) < 4.78 is 4.46. The smallest absolute Gasteiger partial charge is 0.325 e. The molecule has 0 saturated heterocycles. The molecule has 0 aliphatic heterocycles. The molecule has 0 spiro atoms. The van der Waals surface area contributed by atoms with Gasteiger partial charge in [0.15, 0.2) is 0 Å². The molecule has 7 heteroatoms. The Kier molecular flexibility index (Phi) is 6.15. The zero-order valence-corrected chi connectivity index (χ0v) is 11.1. The Morgan fingerprint density at radius 2 is 1.89 bits per heavy atom. The van der Waals surface area contributed by atoms with E-state index in [2.05, 4.69) is 10.1 Å². The van der Waals surface area contributed by atoms with Crippen molar-refractivity contribution >= 4 is 18.0 Å². The number of likely N-dealkylation sites (N-methyl/N-ethyl adjacent to an activating group) is 1. The molecular weight excluding hydrogens is 240 g/mol. The Morgan fingerprint density at radius 3 is 2.28 bits per heavy atom. The van der Waals surface area contributed by atoms with Crippen LogP contribution in [0.5, 0.6) is 0 Å². The molecule has 7 nitrogen and oxygen atoms in total. The quantitative estimate of drug-likeness (QED) is 0.670. The largest absolute Gasteiger partial charge is 0.481 e. The summed E-state index contributed by atoms with van der Waals surface area (Å²) in [5.74, 6) is -1.52. The zero-order valence-electron chi connectivity index (χ0n) is 11.1. The SMILES string of the molecule is CCN(CC(=O)OC)C(=O)NCC(C)(C)C(=O)O. The van der Waals surface area contributed by atoms with Gasteiger partial charge in [-0.1, -0.05) is 0 Å². The van der Waals surface area contributed by atoms with Crippen molar-refractivity contribution in [3.63, 3.8) is 0 Å². The van der Waals surface area contributed by atoms with Gasteiger partial charge in [-0.25, -0.2) is 4.79 Å². The van der Waals surface area contributed by atoms with Gasteiger partial charge >= 0.3 is 18.0 Å². The normalized spacial score (nSPS) is 10.7. The maximum absolute atomic E-state index is 11.7. The van der Waals surface area contributed by atoms with Gasteiger partial charge < -0.3 is 20.1 Å². The standard InChI is InChI=1S/C11H20N2O5/c1-5-13(6-8(14)18-4)10(17)12-7-11(2,3)9(15)16/h5-7H2,1-4H3,(H,12,17)(H,15,16). The van der Waals surface area contributed by atoms with Crippen LogP contribution >= 0.6 is 0 Å². The highest BCUT2D eigenvalue weighted by molar-refractivity contribution is 5.81. The minimum absolute atomic E-state index is 0.0150. The van der Waals surface area contributed by atoms with E-state index in [9.17, 15) is 14.4 Å². The highest BCUT2D eigenvalue weighted by atomic mass is 16.5. The highest BCUT2D eigenvalue weighted by Crippen LogP contribution is 2.13. The number of carbonyl (C=O) groups is 3. The Hall–Kier alpha value is -1.79. The molecule has 0 saturated carbocycles. The third-order valence-electron chi connectivity index (χ3n) is 2.48. The monoisotopic (exact) mass is 260 g/mol. The number of rotatable bonds is 6. The van der Waals surface area contributed by atoms with E-state index >= 15 is 0 Å². The number of hydrogen-bond acceptors (Lipinski definition) is 4. The fourth-order valence-electron chi connectivity index (χ4n) is 1.03. The van der Waals surface area contributed by atoms with Crippen LogP contribution in [0.4, 0.5) is 4.79 Å². The maximum Gasteiger partial charge on any atom is 0.325 e. The number of nitrogens with one attached hydrogen (secondary N) is 1. The van der Waals surface area contributed by atoms with E-state index in [1.54, 1.807) is 6.92 Å². The van der Waals surface area contributed by atoms with E-state index in [0.29, 0.717) is 6.54 Å². The molecule has 0 aromatic heterocycles. The number of nitrogens with zero attached hydrogens (tertiary/aromatic N) is 1. The van der Waals surface area contributed by atoms with E-state index in [0.717, 1.165) is 0 Å². The molecule has 0 unspecified atom stereocenters. The predicted octanol–water partition coefficient (Wildman–Crippen LogP) is 0.302. The summed E-state index contributed by atoms with van der Waals surface area (Å²) in [7, 11) is 1.24. The number of amides is 2. The molecule has 18 heavy (non-hydrogen) atoms. The van der Waals surface area contributed by atoms with Gasteiger partial charge in [0.2, 0.25) is 0 Å². The number of ether oxygens (including phenoxy) is 1. The maximum atomic E-state index is 11.7. The molecule has 0 atom stereocenters. The van der Waals surface area contributed by atoms with Crippen LogP contribution in [0.3, 0.4) is 0 Å². The lowest BCUT2D eigenvalue weighted by Crippen LogP contribution is -2.47. The summed E-state index contributed by atoms with van der Waals surface area (Å²) in [6, 6.07) is -0.489. The molecule has 2 amide bonds. The second kappa shape index (κ2) is 6.83. The number of carboxylic acid groups (broad SMARTS) is 1. The number of carbonyl (C=O) groups excluding carboxylic acids is 2. The van der Waals surface area contributed by atoms with Crippen LogP contribution in [-0.4, -0.2) is 54.7 Å². The third kappa shape index (κ3) is 5.03. The van der Waals surface area contributed by atoms with Crippen LogP contribution in [0.25, 0.3) is 0 Å². The molecule has 0 aromatic rings. The van der Waals surface area contributed by atoms with Crippen molar-refractivity contribution in [3.05, 3.63) is 0 Å². The molecule has 2 N–H and O–H groups in total. The van der Waals surface area contributed by atoms with Gasteiger partial charge in [0.25, 0.3) is 0 Å². The first-order valence-corrected chi connectivity index (χ1v) is 5.57. The zero-order chi connectivity index (χ0) is 14.3. The van der Waals surface area contributed by atoms with Crippen molar-refractivity contribution in [2.24, 2.45) is 5.41 Å². The average Bonchev–Trinajstić information content (AvgIpc) is 2.32. The number of esters is 1. The molecule has 104 valence electrons. The summed E-state index contributed by atoms with van der Waals surface area (Å²) in [6.45, 7) is 4.88. The predicted molar refractivity (Wildman–Crippen MR) is 64.1 cm³/mol. The first-order chi connectivity index (χ1) is 8.24. The van der Waals surface area contributed by atoms with Crippen LogP contribution < -0.4 is 5.32 Å². The number of carboxylic acids is 1. The van der Waals surface area contributed by atoms with E-state index in [1.165, 1.54) is 25.9 Å². The van der Waals surface area contributed by atoms with Crippen molar-refractivity contribution in [1.82, 2.24) is 10.2 Å². The molecule has 0 aliphatic carbocycles. The molecule has 0 fully saturated rings. The van der Waals surface area contributed by atoms with Crippen molar-refractivity contribution in [2.45, 2.75) is 20.8 Å². The van der Waals surface area contributed by atoms with Gasteiger partial charge in [-0.3, -0.25) is 9.59 Å². The number of hydrogen-bond donors (Lipinski definition) is 2. The van der Waals surface area contributed by atoms with Crippen LogP contribution in [0.2, 0.25) is 0 Å². The molecule has 0 radical (unpaired) electrons. The summed E-state index contributed by atoms with van der Waals surface area (Å²) in [6.07, 6.45) is 0.